The van der Waals surface area contributed by atoms with Crippen LogP contribution in [-0.4, -0.2) is 21.9 Å². The summed E-state index contributed by atoms with van der Waals surface area (Å²) in [5, 5.41) is 3.72. The van der Waals surface area contributed by atoms with Gasteiger partial charge >= 0.3 is 6.18 Å². The highest BCUT2D eigenvalue weighted by molar-refractivity contribution is 8.14. The van der Waals surface area contributed by atoms with Gasteiger partial charge in [0, 0.05) is 5.75 Å². The Bertz CT molecular complexity index is 468. The van der Waals surface area contributed by atoms with E-state index >= 15 is 0 Å². The highest BCUT2D eigenvalue weighted by Crippen LogP contribution is 2.28. The first-order valence-electron chi connectivity index (χ1n) is 5.87. The lowest BCUT2D eigenvalue weighted by atomic mass is 10.1. The van der Waals surface area contributed by atoms with Crippen LogP contribution in [0.25, 0.3) is 0 Å². The summed E-state index contributed by atoms with van der Waals surface area (Å²) in [6.45, 7) is 4.19. The number of anilines is 1. The van der Waals surface area contributed by atoms with Crippen LogP contribution >= 0.6 is 11.8 Å². The second kappa shape index (κ2) is 5.40. The normalized spacial score (nSPS) is 19.7. The SMILES string of the molecule is CC(C)[C@H]1CSC(Nc2ccc(C(F)(F)F)nc2)=N1. The van der Waals surface area contributed by atoms with Crippen molar-refractivity contribution < 1.29 is 13.2 Å². The summed E-state index contributed by atoms with van der Waals surface area (Å²) in [6.07, 6.45) is -3.23. The van der Waals surface area contributed by atoms with Gasteiger partial charge in [-0.05, 0) is 18.1 Å². The molecule has 0 fully saturated rings. The Kier molecular flexibility index (Phi) is 4.03. The molecule has 0 spiro atoms. The van der Waals surface area contributed by atoms with Crippen LogP contribution in [-0.2, 0) is 6.18 Å². The van der Waals surface area contributed by atoms with Gasteiger partial charge in [0.1, 0.15) is 5.69 Å². The maximum Gasteiger partial charge on any atom is 0.433 e. The van der Waals surface area contributed by atoms with Crippen molar-refractivity contribution >= 4 is 22.6 Å². The monoisotopic (exact) mass is 289 g/mol. The molecule has 0 unspecified atom stereocenters. The quantitative estimate of drug-likeness (QED) is 0.903. The molecule has 0 saturated carbocycles. The van der Waals surface area contributed by atoms with E-state index in [2.05, 4.69) is 29.1 Å². The van der Waals surface area contributed by atoms with Crippen molar-refractivity contribution in [2.24, 2.45) is 10.9 Å². The highest BCUT2D eigenvalue weighted by atomic mass is 32.2. The summed E-state index contributed by atoms with van der Waals surface area (Å²) in [4.78, 5) is 7.87. The minimum absolute atomic E-state index is 0.259. The average molecular weight is 289 g/mol. The number of rotatable bonds is 2. The Morgan fingerprint density at radius 1 is 1.37 bits per heavy atom. The Balaban J connectivity index is 2.03. The molecule has 19 heavy (non-hydrogen) atoms. The zero-order valence-electron chi connectivity index (χ0n) is 10.5. The third-order valence-corrected chi connectivity index (χ3v) is 3.74. The van der Waals surface area contributed by atoms with Gasteiger partial charge < -0.3 is 5.32 Å². The molecule has 0 saturated heterocycles. The van der Waals surface area contributed by atoms with Crippen molar-refractivity contribution in [3.8, 4) is 0 Å². The molecular formula is C12H14F3N3S. The minimum Gasteiger partial charge on any atom is -0.334 e. The van der Waals surface area contributed by atoms with Gasteiger partial charge in [-0.1, -0.05) is 25.6 Å². The number of hydrogen-bond acceptors (Lipinski definition) is 4. The maximum absolute atomic E-state index is 12.4. The predicted octanol–water partition coefficient (Wildman–Crippen LogP) is 3.64. The van der Waals surface area contributed by atoms with Crippen molar-refractivity contribution in [3.05, 3.63) is 24.0 Å². The van der Waals surface area contributed by atoms with Gasteiger partial charge in [-0.3, -0.25) is 4.99 Å². The average Bonchev–Trinajstić information content (AvgIpc) is 2.77. The zero-order chi connectivity index (χ0) is 14.0. The molecule has 1 atom stereocenters. The molecule has 3 nitrogen and oxygen atoms in total. The molecule has 1 N–H and O–H groups in total. The molecule has 7 heteroatoms. The first kappa shape index (κ1) is 14.2. The molecule has 2 heterocycles. The van der Waals surface area contributed by atoms with Crippen LogP contribution in [0.1, 0.15) is 19.5 Å². The van der Waals surface area contributed by atoms with Gasteiger partial charge in [0.15, 0.2) is 5.17 Å². The largest absolute Gasteiger partial charge is 0.433 e. The molecule has 1 aliphatic rings. The second-order valence-electron chi connectivity index (χ2n) is 4.61. The lowest BCUT2D eigenvalue weighted by Crippen LogP contribution is -2.12. The number of nitrogens with one attached hydrogen (secondary N) is 1. The summed E-state index contributed by atoms with van der Waals surface area (Å²) in [6, 6.07) is 2.58. The van der Waals surface area contributed by atoms with E-state index in [1.54, 1.807) is 11.8 Å². The summed E-state index contributed by atoms with van der Waals surface area (Å²) >= 11 is 1.57. The number of pyridine rings is 1. The fraction of sp³-hybridized carbons (Fsp3) is 0.500. The van der Waals surface area contributed by atoms with Gasteiger partial charge in [0.2, 0.25) is 0 Å². The van der Waals surface area contributed by atoms with E-state index in [0.29, 0.717) is 11.6 Å². The molecule has 1 aromatic rings. The Morgan fingerprint density at radius 2 is 2.11 bits per heavy atom. The Labute approximate surface area is 113 Å². The summed E-state index contributed by atoms with van der Waals surface area (Å²) in [7, 11) is 0. The van der Waals surface area contributed by atoms with Crippen LogP contribution in [0.4, 0.5) is 18.9 Å². The van der Waals surface area contributed by atoms with E-state index in [0.717, 1.165) is 17.0 Å². The van der Waals surface area contributed by atoms with Crippen LogP contribution in [0.2, 0.25) is 0 Å². The third kappa shape index (κ3) is 3.62. The molecule has 0 radical (unpaired) electrons. The van der Waals surface area contributed by atoms with Crippen LogP contribution in [0.15, 0.2) is 23.3 Å². The Hall–Kier alpha value is -1.24. The fourth-order valence-electron chi connectivity index (χ4n) is 1.56. The van der Waals surface area contributed by atoms with Gasteiger partial charge in [-0.25, -0.2) is 4.98 Å². The molecular weight excluding hydrogens is 275 g/mol. The molecule has 0 aliphatic carbocycles. The fourth-order valence-corrected chi connectivity index (χ4v) is 2.75. The topological polar surface area (TPSA) is 37.3 Å². The molecule has 104 valence electrons. The smallest absolute Gasteiger partial charge is 0.334 e. The number of thioether (sulfide) groups is 1. The van der Waals surface area contributed by atoms with E-state index in [9.17, 15) is 13.2 Å². The molecule has 1 aromatic heterocycles. The van der Waals surface area contributed by atoms with Crippen molar-refractivity contribution in [2.75, 3.05) is 11.1 Å². The first-order chi connectivity index (χ1) is 8.86. The molecule has 2 rings (SSSR count). The zero-order valence-corrected chi connectivity index (χ0v) is 11.3. The van der Waals surface area contributed by atoms with Crippen LogP contribution in [0, 0.1) is 5.92 Å². The van der Waals surface area contributed by atoms with Crippen LogP contribution in [0.3, 0.4) is 0 Å². The van der Waals surface area contributed by atoms with E-state index in [1.165, 1.54) is 12.3 Å². The van der Waals surface area contributed by atoms with Crippen LogP contribution in [0.5, 0.6) is 0 Å². The lowest BCUT2D eigenvalue weighted by Gasteiger charge is -2.08. The summed E-state index contributed by atoms with van der Waals surface area (Å²) < 4.78 is 37.1. The van der Waals surface area contributed by atoms with Crippen LogP contribution < -0.4 is 5.32 Å². The number of hydrogen-bond donors (Lipinski definition) is 1. The predicted molar refractivity (Wildman–Crippen MR) is 71.4 cm³/mol. The molecule has 1 aliphatic heterocycles. The van der Waals surface area contributed by atoms with E-state index < -0.39 is 11.9 Å². The standard InChI is InChI=1S/C12H14F3N3S/c1-7(2)9-6-19-11(18-9)17-8-3-4-10(16-5-8)12(13,14)15/h3-5,7,9H,6H2,1-2H3,(H,17,18)/t9-/m1/s1. The maximum atomic E-state index is 12.4. The van der Waals surface area contributed by atoms with Crippen molar-refractivity contribution in [1.82, 2.24) is 4.98 Å². The minimum atomic E-state index is -4.40. The van der Waals surface area contributed by atoms with E-state index in [4.69, 9.17) is 0 Å². The number of aromatic nitrogens is 1. The molecule has 0 amide bonds. The molecule has 0 aromatic carbocycles. The number of amidine groups is 1. The number of nitrogens with zero attached hydrogens (tertiary/aromatic N) is 2. The van der Waals surface area contributed by atoms with Crippen molar-refractivity contribution in [2.45, 2.75) is 26.1 Å². The van der Waals surface area contributed by atoms with Crippen molar-refractivity contribution in [3.63, 3.8) is 0 Å². The van der Waals surface area contributed by atoms with E-state index in [-0.39, 0.29) is 6.04 Å². The van der Waals surface area contributed by atoms with Gasteiger partial charge in [-0.2, -0.15) is 13.2 Å². The van der Waals surface area contributed by atoms with Gasteiger partial charge in [-0.15, -0.1) is 0 Å². The number of halogens is 3. The third-order valence-electron chi connectivity index (χ3n) is 2.75. The van der Waals surface area contributed by atoms with Gasteiger partial charge in [0.25, 0.3) is 0 Å². The van der Waals surface area contributed by atoms with Crippen molar-refractivity contribution in [1.29, 1.82) is 0 Å². The summed E-state index contributed by atoms with van der Waals surface area (Å²) in [5.74, 6) is 1.35. The highest BCUT2D eigenvalue weighted by Gasteiger charge is 2.32. The van der Waals surface area contributed by atoms with E-state index in [1.807, 2.05) is 0 Å². The lowest BCUT2D eigenvalue weighted by molar-refractivity contribution is -0.141. The number of aliphatic imine (C=N–C) groups is 1. The number of alkyl halides is 3. The Morgan fingerprint density at radius 3 is 2.58 bits per heavy atom. The second-order valence-corrected chi connectivity index (χ2v) is 5.62. The van der Waals surface area contributed by atoms with Gasteiger partial charge in [0.05, 0.1) is 17.9 Å². The first-order valence-corrected chi connectivity index (χ1v) is 6.85. The molecule has 0 bridgehead atoms. The summed E-state index contributed by atoms with van der Waals surface area (Å²) in [5.41, 5.74) is -0.372.